The SMILES string of the molecule is CCOC(=O)c1ccccc1NC(=O)N1Cc2ccccc2-n2cccc2[C@H]1c1cccs1. The second-order valence-electron chi connectivity index (χ2n) is 7.67. The van der Waals surface area contributed by atoms with Crippen LogP contribution >= 0.6 is 11.3 Å². The highest BCUT2D eigenvalue weighted by molar-refractivity contribution is 7.10. The van der Waals surface area contributed by atoms with E-state index < -0.39 is 5.97 Å². The van der Waals surface area contributed by atoms with Gasteiger partial charge in [-0.15, -0.1) is 11.3 Å². The van der Waals surface area contributed by atoms with Gasteiger partial charge < -0.3 is 19.5 Å². The van der Waals surface area contributed by atoms with E-state index in [1.54, 1.807) is 42.5 Å². The molecular weight excluding hydrogens is 434 g/mol. The summed E-state index contributed by atoms with van der Waals surface area (Å²) in [6, 6.07) is 22.6. The van der Waals surface area contributed by atoms with E-state index >= 15 is 0 Å². The van der Waals surface area contributed by atoms with Gasteiger partial charge in [-0.05, 0) is 54.3 Å². The Hall–Kier alpha value is -3.84. The van der Waals surface area contributed by atoms with Crippen LogP contribution in [0, 0.1) is 0 Å². The molecule has 1 aliphatic heterocycles. The minimum Gasteiger partial charge on any atom is -0.462 e. The largest absolute Gasteiger partial charge is 0.462 e. The van der Waals surface area contributed by atoms with Gasteiger partial charge in [0.15, 0.2) is 0 Å². The second-order valence-corrected chi connectivity index (χ2v) is 8.65. The molecular formula is C26H23N3O3S. The highest BCUT2D eigenvalue weighted by Crippen LogP contribution is 2.38. The fraction of sp³-hybridized carbons (Fsp3) is 0.154. The number of fused-ring (bicyclic) bond motifs is 3. The predicted molar refractivity (Wildman–Crippen MR) is 129 cm³/mol. The number of hydrogen-bond acceptors (Lipinski definition) is 4. The number of hydrogen-bond donors (Lipinski definition) is 1. The molecule has 166 valence electrons. The Morgan fingerprint density at radius 3 is 2.67 bits per heavy atom. The van der Waals surface area contributed by atoms with E-state index in [4.69, 9.17) is 4.74 Å². The summed E-state index contributed by atoms with van der Waals surface area (Å²) in [5.74, 6) is -0.460. The molecule has 1 aliphatic rings. The van der Waals surface area contributed by atoms with Crippen LogP contribution in [0.2, 0.25) is 0 Å². The fourth-order valence-electron chi connectivity index (χ4n) is 4.25. The summed E-state index contributed by atoms with van der Waals surface area (Å²) in [7, 11) is 0. The lowest BCUT2D eigenvalue weighted by Crippen LogP contribution is -2.38. The maximum absolute atomic E-state index is 13.8. The first-order valence-electron chi connectivity index (χ1n) is 10.8. The van der Waals surface area contributed by atoms with E-state index in [-0.39, 0.29) is 18.7 Å². The number of benzene rings is 2. The summed E-state index contributed by atoms with van der Waals surface area (Å²) in [5.41, 5.74) is 3.87. The molecule has 3 heterocycles. The Balaban J connectivity index is 1.57. The van der Waals surface area contributed by atoms with Crippen LogP contribution in [0.4, 0.5) is 10.5 Å². The van der Waals surface area contributed by atoms with Crippen molar-refractivity contribution in [1.82, 2.24) is 9.47 Å². The predicted octanol–water partition coefficient (Wildman–Crippen LogP) is 5.85. The lowest BCUT2D eigenvalue weighted by molar-refractivity contribution is 0.0527. The lowest BCUT2D eigenvalue weighted by atomic mass is 10.1. The zero-order valence-corrected chi connectivity index (χ0v) is 18.9. The van der Waals surface area contributed by atoms with Crippen molar-refractivity contribution < 1.29 is 14.3 Å². The number of nitrogens with one attached hydrogen (secondary N) is 1. The Kier molecular flexibility index (Phi) is 5.71. The van der Waals surface area contributed by atoms with Crippen LogP contribution in [-0.2, 0) is 11.3 Å². The van der Waals surface area contributed by atoms with Gasteiger partial charge in [-0.2, -0.15) is 0 Å². The molecule has 0 fully saturated rings. The number of esters is 1. The average Bonchev–Trinajstić information content (AvgIpc) is 3.51. The molecule has 0 radical (unpaired) electrons. The monoisotopic (exact) mass is 457 g/mol. The van der Waals surface area contributed by atoms with Crippen molar-refractivity contribution in [2.75, 3.05) is 11.9 Å². The maximum Gasteiger partial charge on any atom is 0.340 e. The first-order chi connectivity index (χ1) is 16.2. The number of amides is 2. The number of aromatic nitrogens is 1. The first-order valence-corrected chi connectivity index (χ1v) is 11.7. The smallest absolute Gasteiger partial charge is 0.340 e. The molecule has 0 spiro atoms. The van der Waals surface area contributed by atoms with Crippen LogP contribution in [0.3, 0.4) is 0 Å². The van der Waals surface area contributed by atoms with Gasteiger partial charge in [-0.3, -0.25) is 0 Å². The minimum absolute atomic E-state index is 0.265. The van der Waals surface area contributed by atoms with Crippen molar-refractivity contribution in [3.05, 3.63) is 106 Å². The van der Waals surface area contributed by atoms with Crippen molar-refractivity contribution >= 4 is 29.0 Å². The van der Waals surface area contributed by atoms with Crippen LogP contribution in [0.15, 0.2) is 84.4 Å². The van der Waals surface area contributed by atoms with Crippen LogP contribution in [0.1, 0.15) is 39.5 Å². The number of para-hydroxylation sites is 2. The zero-order chi connectivity index (χ0) is 22.8. The van der Waals surface area contributed by atoms with Gasteiger partial charge in [0.25, 0.3) is 0 Å². The van der Waals surface area contributed by atoms with Gasteiger partial charge in [-0.1, -0.05) is 36.4 Å². The normalized spacial score (nSPS) is 14.7. The fourth-order valence-corrected chi connectivity index (χ4v) is 5.10. The number of ether oxygens (including phenoxy) is 1. The van der Waals surface area contributed by atoms with Crippen molar-refractivity contribution in [3.8, 4) is 5.69 Å². The number of anilines is 1. The zero-order valence-electron chi connectivity index (χ0n) is 18.1. The Morgan fingerprint density at radius 1 is 1.03 bits per heavy atom. The molecule has 1 N–H and O–H groups in total. The highest BCUT2D eigenvalue weighted by atomic mass is 32.1. The van der Waals surface area contributed by atoms with E-state index in [9.17, 15) is 9.59 Å². The second kappa shape index (κ2) is 8.96. The van der Waals surface area contributed by atoms with Gasteiger partial charge in [0.2, 0.25) is 0 Å². The minimum atomic E-state index is -0.460. The van der Waals surface area contributed by atoms with Crippen LogP contribution in [0.5, 0.6) is 0 Å². The topological polar surface area (TPSA) is 63.6 Å². The molecule has 1 atom stereocenters. The highest BCUT2D eigenvalue weighted by Gasteiger charge is 2.34. The third kappa shape index (κ3) is 3.91. The summed E-state index contributed by atoms with van der Waals surface area (Å²) in [6.45, 7) is 2.45. The number of carbonyl (C=O) groups is 2. The molecule has 4 aromatic rings. The summed E-state index contributed by atoms with van der Waals surface area (Å²) in [4.78, 5) is 29.1. The third-order valence-corrected chi connectivity index (χ3v) is 6.63. The molecule has 5 rings (SSSR count). The average molecular weight is 458 g/mol. The summed E-state index contributed by atoms with van der Waals surface area (Å²) >= 11 is 1.62. The molecule has 7 heteroatoms. The van der Waals surface area contributed by atoms with Crippen molar-refractivity contribution in [2.24, 2.45) is 0 Å². The van der Waals surface area contributed by atoms with E-state index in [1.807, 2.05) is 46.8 Å². The van der Waals surface area contributed by atoms with Gasteiger partial charge >= 0.3 is 12.0 Å². The molecule has 0 bridgehead atoms. The summed E-state index contributed by atoms with van der Waals surface area (Å²) in [5, 5.41) is 5.00. The molecule has 0 saturated heterocycles. The maximum atomic E-state index is 13.8. The number of thiophene rings is 1. The number of urea groups is 1. The van der Waals surface area contributed by atoms with Gasteiger partial charge in [0, 0.05) is 11.1 Å². The standard InChI is InChI=1S/C26H23N3O3S/c1-2-32-25(30)19-10-4-5-11-20(19)27-26(31)29-17-18-9-3-6-12-21(18)28-15-7-13-22(28)24(29)23-14-8-16-33-23/h3-16,24H,2,17H2,1H3,(H,27,31)/t24-/m0/s1. The number of nitrogens with zero attached hydrogens (tertiary/aromatic N) is 2. The lowest BCUT2D eigenvalue weighted by Gasteiger charge is -2.30. The first kappa shape index (κ1) is 21.0. The molecule has 0 saturated carbocycles. The Morgan fingerprint density at radius 2 is 1.85 bits per heavy atom. The van der Waals surface area contributed by atoms with E-state index in [2.05, 4.69) is 28.1 Å². The van der Waals surface area contributed by atoms with E-state index in [0.717, 1.165) is 21.8 Å². The van der Waals surface area contributed by atoms with Gasteiger partial charge in [0.1, 0.15) is 6.04 Å². The van der Waals surface area contributed by atoms with Crippen LogP contribution in [-0.4, -0.2) is 28.1 Å². The number of rotatable bonds is 4. The van der Waals surface area contributed by atoms with Gasteiger partial charge in [0.05, 0.1) is 35.8 Å². The van der Waals surface area contributed by atoms with Crippen LogP contribution in [0.25, 0.3) is 5.69 Å². The number of carbonyl (C=O) groups excluding carboxylic acids is 2. The Bertz CT molecular complexity index is 1300. The van der Waals surface area contributed by atoms with Gasteiger partial charge in [-0.25, -0.2) is 9.59 Å². The molecule has 6 nitrogen and oxygen atoms in total. The molecule has 2 amide bonds. The van der Waals surface area contributed by atoms with Crippen LogP contribution < -0.4 is 5.32 Å². The summed E-state index contributed by atoms with van der Waals surface area (Å²) < 4.78 is 7.33. The summed E-state index contributed by atoms with van der Waals surface area (Å²) in [6.07, 6.45) is 2.03. The van der Waals surface area contributed by atoms with E-state index in [0.29, 0.717) is 17.8 Å². The third-order valence-electron chi connectivity index (χ3n) is 5.70. The molecule has 2 aromatic heterocycles. The molecule has 2 aromatic carbocycles. The molecule has 0 aliphatic carbocycles. The van der Waals surface area contributed by atoms with Crippen molar-refractivity contribution in [3.63, 3.8) is 0 Å². The van der Waals surface area contributed by atoms with Crippen molar-refractivity contribution in [2.45, 2.75) is 19.5 Å². The molecule has 0 unspecified atom stereocenters. The quantitative estimate of drug-likeness (QED) is 0.391. The molecule has 33 heavy (non-hydrogen) atoms. The van der Waals surface area contributed by atoms with E-state index in [1.165, 1.54) is 0 Å². The Labute approximate surface area is 196 Å². The van der Waals surface area contributed by atoms with Crippen molar-refractivity contribution in [1.29, 1.82) is 0 Å².